The summed E-state index contributed by atoms with van der Waals surface area (Å²) in [6.07, 6.45) is 1.63. The van der Waals surface area contributed by atoms with Gasteiger partial charge in [0.25, 0.3) is 5.88 Å². The molecule has 10 heteroatoms. The Kier molecular flexibility index (Phi) is 6.27. The van der Waals surface area contributed by atoms with Gasteiger partial charge >= 0.3 is 6.09 Å². The first kappa shape index (κ1) is 19.6. The van der Waals surface area contributed by atoms with E-state index < -0.39 is 6.09 Å². The molecule has 0 unspecified atom stereocenters. The molecule has 0 saturated carbocycles. The van der Waals surface area contributed by atoms with E-state index in [2.05, 4.69) is 31.1 Å². The van der Waals surface area contributed by atoms with Gasteiger partial charge in [0.1, 0.15) is 12.4 Å². The molecule has 1 fully saturated rings. The zero-order valence-corrected chi connectivity index (χ0v) is 17.3. The standard InChI is InChI=1S/C17H19BrN4O4S/c1-10-15(25-12-5-7-22(8-6-12)17(23)24)19-9-20-16(10)26-21-11(2)13-3-4-14(18)27-13/h3-4,9,12H,5-8H2,1-2H3,(H,23,24). The summed E-state index contributed by atoms with van der Waals surface area (Å²) in [6.45, 7) is 4.58. The Morgan fingerprint density at radius 2 is 2.04 bits per heavy atom. The maximum absolute atomic E-state index is 11.0. The Labute approximate surface area is 169 Å². The molecule has 1 aliphatic heterocycles. The summed E-state index contributed by atoms with van der Waals surface area (Å²) < 4.78 is 6.97. The van der Waals surface area contributed by atoms with Gasteiger partial charge in [-0.1, -0.05) is 5.16 Å². The molecule has 2 aromatic rings. The molecule has 0 aliphatic carbocycles. The molecule has 3 rings (SSSR count). The number of piperidine rings is 1. The van der Waals surface area contributed by atoms with E-state index in [1.165, 1.54) is 11.2 Å². The smallest absolute Gasteiger partial charge is 0.407 e. The van der Waals surface area contributed by atoms with Crippen molar-refractivity contribution in [2.24, 2.45) is 5.16 Å². The number of ether oxygens (including phenoxy) is 1. The van der Waals surface area contributed by atoms with Crippen LogP contribution in [0.25, 0.3) is 0 Å². The fraction of sp³-hybridized carbons (Fsp3) is 0.412. The van der Waals surface area contributed by atoms with Gasteiger partial charge in [-0.3, -0.25) is 0 Å². The lowest BCUT2D eigenvalue weighted by molar-refractivity contribution is 0.0863. The number of amides is 1. The predicted octanol–water partition coefficient (Wildman–Crippen LogP) is 3.93. The first-order valence-corrected chi connectivity index (χ1v) is 9.98. The molecule has 1 N–H and O–H groups in total. The average Bonchev–Trinajstić information content (AvgIpc) is 3.09. The van der Waals surface area contributed by atoms with Gasteiger partial charge in [-0.2, -0.15) is 4.98 Å². The molecule has 0 bridgehead atoms. The number of carbonyl (C=O) groups is 1. The van der Waals surface area contributed by atoms with Crippen molar-refractivity contribution < 1.29 is 19.5 Å². The van der Waals surface area contributed by atoms with E-state index in [1.807, 2.05) is 26.0 Å². The second-order valence-electron chi connectivity index (χ2n) is 6.07. The highest BCUT2D eigenvalue weighted by molar-refractivity contribution is 9.11. The van der Waals surface area contributed by atoms with Gasteiger partial charge < -0.3 is 19.6 Å². The van der Waals surface area contributed by atoms with Crippen LogP contribution in [0.4, 0.5) is 4.79 Å². The van der Waals surface area contributed by atoms with Crippen LogP contribution in [0.3, 0.4) is 0 Å². The Balaban J connectivity index is 1.65. The van der Waals surface area contributed by atoms with Crippen LogP contribution in [0.5, 0.6) is 11.8 Å². The highest BCUT2D eigenvalue weighted by atomic mass is 79.9. The van der Waals surface area contributed by atoms with Crippen molar-refractivity contribution in [2.45, 2.75) is 32.8 Å². The van der Waals surface area contributed by atoms with Crippen molar-refractivity contribution in [3.63, 3.8) is 0 Å². The van der Waals surface area contributed by atoms with Crippen molar-refractivity contribution >= 4 is 39.1 Å². The van der Waals surface area contributed by atoms with Crippen LogP contribution in [-0.2, 0) is 0 Å². The van der Waals surface area contributed by atoms with Crippen molar-refractivity contribution in [1.29, 1.82) is 0 Å². The zero-order chi connectivity index (χ0) is 19.4. The van der Waals surface area contributed by atoms with Crippen molar-refractivity contribution in [3.8, 4) is 11.8 Å². The summed E-state index contributed by atoms with van der Waals surface area (Å²) in [7, 11) is 0. The van der Waals surface area contributed by atoms with E-state index in [1.54, 1.807) is 11.3 Å². The number of halogens is 1. The van der Waals surface area contributed by atoms with Crippen molar-refractivity contribution in [1.82, 2.24) is 14.9 Å². The molecule has 3 heterocycles. The van der Waals surface area contributed by atoms with Crippen LogP contribution in [0.2, 0.25) is 0 Å². The maximum Gasteiger partial charge on any atom is 0.407 e. The Bertz CT molecular complexity index is 849. The van der Waals surface area contributed by atoms with E-state index in [9.17, 15) is 4.79 Å². The molecule has 1 aliphatic rings. The second-order valence-corrected chi connectivity index (χ2v) is 8.53. The van der Waals surface area contributed by atoms with Crippen LogP contribution in [0, 0.1) is 6.92 Å². The molecule has 2 aromatic heterocycles. The van der Waals surface area contributed by atoms with E-state index in [4.69, 9.17) is 14.7 Å². The topological polar surface area (TPSA) is 97.1 Å². The monoisotopic (exact) mass is 454 g/mol. The highest BCUT2D eigenvalue weighted by Crippen LogP contribution is 2.27. The molecule has 1 amide bonds. The lowest BCUT2D eigenvalue weighted by Gasteiger charge is -2.30. The number of carboxylic acid groups (broad SMARTS) is 1. The minimum atomic E-state index is -0.895. The molecule has 0 aromatic carbocycles. The Morgan fingerprint density at radius 1 is 1.33 bits per heavy atom. The molecule has 144 valence electrons. The van der Waals surface area contributed by atoms with E-state index in [-0.39, 0.29) is 6.10 Å². The van der Waals surface area contributed by atoms with Gasteiger partial charge in [0, 0.05) is 25.9 Å². The number of oxime groups is 1. The van der Waals surface area contributed by atoms with Gasteiger partial charge in [-0.15, -0.1) is 11.3 Å². The summed E-state index contributed by atoms with van der Waals surface area (Å²) in [5.74, 6) is 0.762. The van der Waals surface area contributed by atoms with Crippen molar-refractivity contribution in [2.75, 3.05) is 13.1 Å². The van der Waals surface area contributed by atoms with Crippen LogP contribution in [-0.4, -0.2) is 51.0 Å². The zero-order valence-electron chi connectivity index (χ0n) is 14.9. The van der Waals surface area contributed by atoms with Crippen LogP contribution < -0.4 is 9.57 Å². The molecule has 1 saturated heterocycles. The van der Waals surface area contributed by atoms with E-state index in [0.717, 1.165) is 14.4 Å². The van der Waals surface area contributed by atoms with Crippen LogP contribution in [0.1, 0.15) is 30.2 Å². The quantitative estimate of drug-likeness (QED) is 0.542. The number of thiophene rings is 1. The van der Waals surface area contributed by atoms with Gasteiger partial charge in [-0.25, -0.2) is 9.78 Å². The number of rotatable bonds is 5. The number of hydrogen-bond donors (Lipinski definition) is 1. The van der Waals surface area contributed by atoms with Gasteiger partial charge in [0.05, 0.1) is 19.9 Å². The molecular weight excluding hydrogens is 436 g/mol. The minimum absolute atomic E-state index is 0.0873. The molecule has 8 nitrogen and oxygen atoms in total. The fourth-order valence-electron chi connectivity index (χ4n) is 2.62. The Hall–Kier alpha value is -2.20. The first-order chi connectivity index (χ1) is 12.9. The van der Waals surface area contributed by atoms with Crippen molar-refractivity contribution in [3.05, 3.63) is 32.7 Å². The number of likely N-dealkylation sites (tertiary alicyclic amines) is 1. The normalized spacial score (nSPS) is 15.7. The summed E-state index contributed by atoms with van der Waals surface area (Å²) in [6, 6.07) is 3.92. The lowest BCUT2D eigenvalue weighted by atomic mass is 10.1. The van der Waals surface area contributed by atoms with Crippen LogP contribution in [0.15, 0.2) is 27.4 Å². The molecular formula is C17H19BrN4O4S. The van der Waals surface area contributed by atoms with Gasteiger partial charge in [0.2, 0.25) is 5.88 Å². The fourth-order valence-corrected chi connectivity index (χ4v) is 3.94. The summed E-state index contributed by atoms with van der Waals surface area (Å²) in [5, 5.41) is 13.2. The van der Waals surface area contributed by atoms with Crippen LogP contribution >= 0.6 is 27.3 Å². The Morgan fingerprint density at radius 3 is 2.67 bits per heavy atom. The third-order valence-electron chi connectivity index (χ3n) is 4.18. The predicted molar refractivity (Wildman–Crippen MR) is 105 cm³/mol. The number of hydrogen-bond acceptors (Lipinski definition) is 7. The third-order valence-corrected chi connectivity index (χ3v) is 5.91. The number of nitrogens with zero attached hydrogens (tertiary/aromatic N) is 4. The minimum Gasteiger partial charge on any atom is -0.474 e. The van der Waals surface area contributed by atoms with E-state index in [0.29, 0.717) is 43.3 Å². The summed E-state index contributed by atoms with van der Waals surface area (Å²) in [5.41, 5.74) is 1.40. The second kappa shape index (κ2) is 8.66. The molecule has 0 atom stereocenters. The average molecular weight is 455 g/mol. The summed E-state index contributed by atoms with van der Waals surface area (Å²) in [4.78, 5) is 27.2. The maximum atomic E-state index is 11.0. The highest BCUT2D eigenvalue weighted by Gasteiger charge is 2.24. The lowest BCUT2D eigenvalue weighted by Crippen LogP contribution is -2.41. The third kappa shape index (κ3) is 4.95. The van der Waals surface area contributed by atoms with Gasteiger partial charge in [0.15, 0.2) is 0 Å². The SMILES string of the molecule is CC(=NOc1ncnc(OC2CCN(C(=O)O)CC2)c1C)c1ccc(Br)s1. The number of aromatic nitrogens is 2. The molecule has 27 heavy (non-hydrogen) atoms. The van der Waals surface area contributed by atoms with E-state index >= 15 is 0 Å². The largest absolute Gasteiger partial charge is 0.474 e. The molecule has 0 spiro atoms. The first-order valence-electron chi connectivity index (χ1n) is 8.37. The molecule has 0 radical (unpaired) electrons. The summed E-state index contributed by atoms with van der Waals surface area (Å²) >= 11 is 4.99. The van der Waals surface area contributed by atoms with Gasteiger partial charge in [-0.05, 0) is 41.9 Å².